The molecule has 2 fully saturated rings. The van der Waals surface area contributed by atoms with E-state index in [1.807, 2.05) is 20.8 Å². The van der Waals surface area contributed by atoms with E-state index in [0.717, 1.165) is 25.7 Å². The van der Waals surface area contributed by atoms with E-state index in [1.54, 1.807) is 0 Å². The maximum absolute atomic E-state index is 12.6. The topological polar surface area (TPSA) is 78.4 Å². The molecule has 0 aromatic heterocycles. The van der Waals surface area contributed by atoms with Gasteiger partial charge in [0.1, 0.15) is 0 Å². The number of aliphatic hydroxyl groups excluding tert-OH is 1. The van der Waals surface area contributed by atoms with Gasteiger partial charge in [0.05, 0.1) is 6.10 Å². The van der Waals surface area contributed by atoms with Crippen LogP contribution in [0.4, 0.5) is 0 Å². The molecule has 0 aromatic carbocycles. The third-order valence-electron chi connectivity index (χ3n) is 7.41. The molecule has 0 radical (unpaired) electrons. The molecule has 2 aliphatic rings. The number of amides is 2. The van der Waals surface area contributed by atoms with Crippen molar-refractivity contribution in [2.24, 2.45) is 34.5 Å². The van der Waals surface area contributed by atoms with Crippen LogP contribution >= 0.6 is 0 Å². The number of nitrogens with one attached hydrogen (secondary N) is 2. The van der Waals surface area contributed by atoms with Crippen LogP contribution < -0.4 is 10.6 Å². The summed E-state index contributed by atoms with van der Waals surface area (Å²) >= 11 is 0. The van der Waals surface area contributed by atoms with Gasteiger partial charge in [-0.1, -0.05) is 41.5 Å². The lowest BCUT2D eigenvalue weighted by molar-refractivity contribution is -0.144. The fourth-order valence-corrected chi connectivity index (χ4v) is 5.85. The van der Waals surface area contributed by atoms with Crippen molar-refractivity contribution in [3.8, 4) is 0 Å². The Bertz CT molecular complexity index is 597. The first-order valence-electron chi connectivity index (χ1n) is 11.5. The Morgan fingerprint density at radius 3 is 2.28 bits per heavy atom. The SMILES string of the molecule is CC(C)NC(=O)[C@@H](C)C1CC[C@@]2(C)CC[C@H](NC(=O)CC(C)(C)C)[C@@H](C)[C@@H]2[C@H]1O. The summed E-state index contributed by atoms with van der Waals surface area (Å²) in [6, 6.07) is 0.197. The van der Waals surface area contributed by atoms with Crippen LogP contribution in [0, 0.1) is 34.5 Å². The van der Waals surface area contributed by atoms with Crippen LogP contribution in [-0.2, 0) is 9.59 Å². The number of carbonyl (C=O) groups is 2. The zero-order valence-corrected chi connectivity index (χ0v) is 19.8. The summed E-state index contributed by atoms with van der Waals surface area (Å²) in [6.07, 6.45) is 3.89. The summed E-state index contributed by atoms with van der Waals surface area (Å²) in [6.45, 7) is 16.6. The van der Waals surface area contributed by atoms with Gasteiger partial charge in [0.2, 0.25) is 11.8 Å². The molecule has 0 saturated heterocycles. The molecule has 168 valence electrons. The average molecular weight is 409 g/mol. The van der Waals surface area contributed by atoms with Crippen molar-refractivity contribution >= 4 is 11.8 Å². The molecule has 2 rings (SSSR count). The van der Waals surface area contributed by atoms with Crippen LogP contribution in [0.2, 0.25) is 0 Å². The van der Waals surface area contributed by atoms with E-state index in [-0.39, 0.29) is 58.4 Å². The van der Waals surface area contributed by atoms with E-state index >= 15 is 0 Å². The van der Waals surface area contributed by atoms with Crippen LogP contribution in [0.1, 0.15) is 87.5 Å². The molecule has 29 heavy (non-hydrogen) atoms. The van der Waals surface area contributed by atoms with E-state index in [4.69, 9.17) is 0 Å². The molecule has 0 spiro atoms. The first kappa shape index (κ1) is 24.2. The predicted octanol–water partition coefficient (Wildman–Crippen LogP) is 3.89. The van der Waals surface area contributed by atoms with Crippen molar-refractivity contribution in [2.75, 3.05) is 0 Å². The maximum atomic E-state index is 12.6. The number of rotatable bonds is 5. The molecule has 7 atom stereocenters. The Morgan fingerprint density at radius 2 is 1.72 bits per heavy atom. The minimum absolute atomic E-state index is 0.0294. The van der Waals surface area contributed by atoms with Crippen molar-refractivity contribution in [1.29, 1.82) is 0 Å². The van der Waals surface area contributed by atoms with E-state index in [0.29, 0.717) is 6.42 Å². The summed E-state index contributed by atoms with van der Waals surface area (Å²) < 4.78 is 0. The monoisotopic (exact) mass is 408 g/mol. The van der Waals surface area contributed by atoms with E-state index < -0.39 is 6.10 Å². The highest BCUT2D eigenvalue weighted by Crippen LogP contribution is 2.55. The lowest BCUT2D eigenvalue weighted by Crippen LogP contribution is -2.58. The summed E-state index contributed by atoms with van der Waals surface area (Å²) in [5, 5.41) is 17.7. The van der Waals surface area contributed by atoms with Crippen LogP contribution in [0.15, 0.2) is 0 Å². The molecule has 3 N–H and O–H groups in total. The molecule has 2 amide bonds. The van der Waals surface area contributed by atoms with Crippen LogP contribution in [0.3, 0.4) is 0 Å². The molecular weight excluding hydrogens is 364 g/mol. The van der Waals surface area contributed by atoms with Gasteiger partial charge >= 0.3 is 0 Å². The van der Waals surface area contributed by atoms with Gasteiger partial charge in [-0.05, 0) is 68.1 Å². The van der Waals surface area contributed by atoms with Crippen LogP contribution in [-0.4, -0.2) is 35.1 Å². The highest BCUT2D eigenvalue weighted by atomic mass is 16.3. The number of aliphatic hydroxyl groups is 1. The second kappa shape index (κ2) is 8.95. The van der Waals surface area contributed by atoms with Gasteiger partial charge in [-0.25, -0.2) is 0 Å². The van der Waals surface area contributed by atoms with Gasteiger partial charge in [-0.3, -0.25) is 9.59 Å². The molecule has 5 heteroatoms. The Hall–Kier alpha value is -1.10. The largest absolute Gasteiger partial charge is 0.392 e. The number of carbonyl (C=O) groups excluding carboxylic acids is 2. The van der Waals surface area contributed by atoms with Gasteiger partial charge in [0, 0.05) is 24.4 Å². The van der Waals surface area contributed by atoms with Crippen LogP contribution in [0.5, 0.6) is 0 Å². The molecular formula is C24H44N2O3. The van der Waals surface area contributed by atoms with Crippen molar-refractivity contribution < 1.29 is 14.7 Å². The van der Waals surface area contributed by atoms with Gasteiger partial charge < -0.3 is 15.7 Å². The quantitative estimate of drug-likeness (QED) is 0.646. The third-order valence-corrected chi connectivity index (χ3v) is 7.41. The molecule has 5 nitrogen and oxygen atoms in total. The lowest BCUT2D eigenvalue weighted by Gasteiger charge is -2.56. The minimum atomic E-state index is -0.515. The zero-order valence-electron chi connectivity index (χ0n) is 19.8. The first-order valence-corrected chi connectivity index (χ1v) is 11.5. The highest BCUT2D eigenvalue weighted by molar-refractivity contribution is 5.79. The zero-order chi connectivity index (χ0) is 22.1. The molecule has 0 heterocycles. The Balaban J connectivity index is 2.13. The molecule has 1 unspecified atom stereocenters. The van der Waals surface area contributed by atoms with E-state index in [1.165, 1.54) is 0 Å². The Morgan fingerprint density at radius 1 is 1.14 bits per heavy atom. The highest BCUT2D eigenvalue weighted by Gasteiger charge is 2.53. The molecule has 0 aromatic rings. The summed E-state index contributed by atoms with van der Waals surface area (Å²) in [7, 11) is 0. The smallest absolute Gasteiger partial charge is 0.223 e. The summed E-state index contributed by atoms with van der Waals surface area (Å²) in [5.74, 6) is 0.189. The Kier molecular flexibility index (Phi) is 7.46. The summed E-state index contributed by atoms with van der Waals surface area (Å²) in [4.78, 5) is 25.1. The molecule has 2 aliphatic carbocycles. The van der Waals surface area contributed by atoms with Gasteiger partial charge in [0.25, 0.3) is 0 Å². The van der Waals surface area contributed by atoms with Crippen molar-refractivity contribution in [3.63, 3.8) is 0 Å². The predicted molar refractivity (Wildman–Crippen MR) is 117 cm³/mol. The van der Waals surface area contributed by atoms with E-state index in [2.05, 4.69) is 45.3 Å². The molecule has 0 aliphatic heterocycles. The molecule has 0 bridgehead atoms. The van der Waals surface area contributed by atoms with Crippen molar-refractivity contribution in [1.82, 2.24) is 10.6 Å². The summed E-state index contributed by atoms with van der Waals surface area (Å²) in [5.41, 5.74) is 0.0417. The Labute approximate surface area is 177 Å². The number of fused-ring (bicyclic) bond motifs is 1. The second-order valence-corrected chi connectivity index (χ2v) is 11.6. The molecule has 2 saturated carbocycles. The second-order valence-electron chi connectivity index (χ2n) is 11.6. The van der Waals surface area contributed by atoms with Gasteiger partial charge in [0.15, 0.2) is 0 Å². The van der Waals surface area contributed by atoms with Gasteiger partial charge in [-0.2, -0.15) is 0 Å². The van der Waals surface area contributed by atoms with Crippen molar-refractivity contribution in [2.45, 2.75) is 106 Å². The normalized spacial score (nSPS) is 36.3. The fraction of sp³-hybridized carbons (Fsp3) is 0.917. The minimum Gasteiger partial charge on any atom is -0.392 e. The standard InChI is InChI=1S/C24H44N2O3/c1-14(2)25-22(29)15(3)17-9-11-24(8)12-10-18(16(4)20(24)21(17)28)26-19(27)13-23(5,6)7/h14-18,20-21,28H,9-13H2,1-8H3,(H,25,29)(H,26,27)/t15-,16+,17?,18-,20+,21-,24-/m0/s1. The number of hydrogen-bond acceptors (Lipinski definition) is 3. The van der Waals surface area contributed by atoms with Gasteiger partial charge in [-0.15, -0.1) is 0 Å². The van der Waals surface area contributed by atoms with Crippen molar-refractivity contribution in [3.05, 3.63) is 0 Å². The first-order chi connectivity index (χ1) is 13.2. The lowest BCUT2D eigenvalue weighted by atomic mass is 9.51. The number of hydrogen-bond donors (Lipinski definition) is 3. The van der Waals surface area contributed by atoms with E-state index in [9.17, 15) is 14.7 Å². The maximum Gasteiger partial charge on any atom is 0.223 e. The average Bonchev–Trinajstić information content (AvgIpc) is 2.55. The third kappa shape index (κ3) is 5.74. The van der Waals surface area contributed by atoms with Crippen LogP contribution in [0.25, 0.3) is 0 Å². The fourth-order valence-electron chi connectivity index (χ4n) is 5.85.